The minimum atomic E-state index is 0.101. The topological polar surface area (TPSA) is 29.3 Å². The molecule has 21 heavy (non-hydrogen) atoms. The van der Waals surface area contributed by atoms with Crippen LogP contribution < -0.4 is 10.6 Å². The fourth-order valence-electron chi connectivity index (χ4n) is 3.11. The molecular weight excluding hydrogens is 280 g/mol. The van der Waals surface area contributed by atoms with Crippen LogP contribution in [0.15, 0.2) is 42.5 Å². The first-order chi connectivity index (χ1) is 10.2. The summed E-state index contributed by atoms with van der Waals surface area (Å²) in [5.74, 6) is 0. The third kappa shape index (κ3) is 2.92. The first-order valence-corrected chi connectivity index (χ1v) is 7.93. The number of aryl methyl sites for hydroxylation is 1. The molecule has 0 saturated carbocycles. The lowest BCUT2D eigenvalue weighted by Gasteiger charge is -2.33. The highest BCUT2D eigenvalue weighted by molar-refractivity contribution is 6.31. The van der Waals surface area contributed by atoms with E-state index in [9.17, 15) is 0 Å². The van der Waals surface area contributed by atoms with Crippen LogP contribution in [-0.4, -0.2) is 12.6 Å². The molecule has 1 aliphatic rings. The van der Waals surface area contributed by atoms with Gasteiger partial charge in [0.05, 0.1) is 0 Å². The second kappa shape index (κ2) is 6.08. The molecule has 1 atom stereocenters. The molecule has 0 aromatic heterocycles. The summed E-state index contributed by atoms with van der Waals surface area (Å²) in [6.07, 6.45) is 3.12. The average Bonchev–Trinajstić information content (AvgIpc) is 2.48. The zero-order valence-electron chi connectivity index (χ0n) is 12.3. The van der Waals surface area contributed by atoms with E-state index >= 15 is 0 Å². The van der Waals surface area contributed by atoms with Gasteiger partial charge in [0.25, 0.3) is 0 Å². The third-order valence-corrected chi connectivity index (χ3v) is 4.38. The van der Waals surface area contributed by atoms with E-state index in [0.29, 0.717) is 0 Å². The van der Waals surface area contributed by atoms with Gasteiger partial charge in [-0.2, -0.15) is 0 Å². The summed E-state index contributed by atoms with van der Waals surface area (Å²) in [4.78, 5) is 2.39. The molecule has 3 heteroatoms. The SMILES string of the molecule is CC(N)Cc1c(Cl)cccc1N1CCCc2ccccc21. The van der Waals surface area contributed by atoms with Gasteiger partial charge in [-0.3, -0.25) is 0 Å². The predicted octanol–water partition coefficient (Wildman–Crippen LogP) is 4.31. The van der Waals surface area contributed by atoms with E-state index in [1.165, 1.54) is 23.4 Å². The van der Waals surface area contributed by atoms with Gasteiger partial charge in [-0.25, -0.2) is 0 Å². The molecule has 0 spiro atoms. The highest BCUT2D eigenvalue weighted by Gasteiger charge is 2.21. The second-order valence-corrected chi connectivity index (χ2v) is 6.21. The minimum Gasteiger partial charge on any atom is -0.341 e. The van der Waals surface area contributed by atoms with E-state index in [2.05, 4.69) is 35.2 Å². The maximum atomic E-state index is 6.44. The number of hydrogen-bond acceptors (Lipinski definition) is 2. The molecule has 1 aliphatic heterocycles. The number of anilines is 2. The Hall–Kier alpha value is -1.51. The average molecular weight is 301 g/mol. The third-order valence-electron chi connectivity index (χ3n) is 4.02. The Bertz CT molecular complexity index is 637. The van der Waals surface area contributed by atoms with E-state index in [1.807, 2.05) is 19.1 Å². The van der Waals surface area contributed by atoms with Crippen LogP contribution in [0.25, 0.3) is 0 Å². The summed E-state index contributed by atoms with van der Waals surface area (Å²) < 4.78 is 0. The van der Waals surface area contributed by atoms with E-state index in [-0.39, 0.29) is 6.04 Å². The number of para-hydroxylation sites is 1. The number of nitrogens with zero attached hydrogens (tertiary/aromatic N) is 1. The predicted molar refractivity (Wildman–Crippen MR) is 90.6 cm³/mol. The first kappa shape index (κ1) is 14.4. The molecule has 1 unspecified atom stereocenters. The van der Waals surface area contributed by atoms with Crippen LogP contribution in [0.2, 0.25) is 5.02 Å². The van der Waals surface area contributed by atoms with Crippen molar-refractivity contribution in [2.45, 2.75) is 32.2 Å². The van der Waals surface area contributed by atoms with Gasteiger partial charge in [-0.05, 0) is 55.5 Å². The maximum Gasteiger partial charge on any atom is 0.0459 e. The highest BCUT2D eigenvalue weighted by atomic mass is 35.5. The number of hydrogen-bond donors (Lipinski definition) is 1. The zero-order valence-corrected chi connectivity index (χ0v) is 13.1. The summed E-state index contributed by atoms with van der Waals surface area (Å²) in [6.45, 7) is 3.06. The molecule has 0 fully saturated rings. The van der Waals surface area contributed by atoms with Gasteiger partial charge in [-0.15, -0.1) is 0 Å². The molecule has 110 valence electrons. The molecule has 1 heterocycles. The van der Waals surface area contributed by atoms with Crippen molar-refractivity contribution in [2.24, 2.45) is 5.73 Å². The van der Waals surface area contributed by atoms with Crippen LogP contribution in [-0.2, 0) is 12.8 Å². The van der Waals surface area contributed by atoms with Crippen LogP contribution in [0.3, 0.4) is 0 Å². The molecule has 2 nitrogen and oxygen atoms in total. The van der Waals surface area contributed by atoms with Crippen LogP contribution in [0.1, 0.15) is 24.5 Å². The lowest BCUT2D eigenvalue weighted by Crippen LogP contribution is -2.27. The lowest BCUT2D eigenvalue weighted by molar-refractivity contribution is 0.726. The van der Waals surface area contributed by atoms with Gasteiger partial charge < -0.3 is 10.6 Å². The summed E-state index contributed by atoms with van der Waals surface area (Å²) in [6, 6.07) is 14.9. The number of rotatable bonds is 3. The second-order valence-electron chi connectivity index (χ2n) is 5.80. The number of halogens is 1. The van der Waals surface area contributed by atoms with Crippen LogP contribution in [0.5, 0.6) is 0 Å². The molecule has 3 rings (SSSR count). The van der Waals surface area contributed by atoms with Gasteiger partial charge in [-0.1, -0.05) is 35.9 Å². The maximum absolute atomic E-state index is 6.44. The van der Waals surface area contributed by atoms with E-state index in [4.69, 9.17) is 17.3 Å². The van der Waals surface area contributed by atoms with Gasteiger partial charge in [0.15, 0.2) is 0 Å². The molecule has 0 saturated heterocycles. The fraction of sp³-hybridized carbons (Fsp3) is 0.333. The Morgan fingerprint density at radius 3 is 2.71 bits per heavy atom. The van der Waals surface area contributed by atoms with Crippen molar-refractivity contribution >= 4 is 23.0 Å². The molecule has 0 bridgehead atoms. The molecule has 2 aromatic rings. The van der Waals surface area contributed by atoms with Crippen molar-refractivity contribution in [1.82, 2.24) is 0 Å². The summed E-state index contributed by atoms with van der Waals surface area (Å²) in [5.41, 5.74) is 11.1. The van der Waals surface area contributed by atoms with Gasteiger partial charge in [0.2, 0.25) is 0 Å². The van der Waals surface area contributed by atoms with Crippen LogP contribution in [0, 0.1) is 0 Å². The standard InChI is InChI=1S/C18H21ClN2/c1-13(20)12-15-16(19)8-4-10-18(15)21-11-5-7-14-6-2-3-9-17(14)21/h2-4,6,8-10,13H,5,7,11-12,20H2,1H3. The zero-order chi connectivity index (χ0) is 14.8. The van der Waals surface area contributed by atoms with Gasteiger partial charge >= 0.3 is 0 Å². The summed E-state index contributed by atoms with van der Waals surface area (Å²) in [5, 5.41) is 0.813. The van der Waals surface area contributed by atoms with Crippen molar-refractivity contribution < 1.29 is 0 Å². The lowest BCUT2D eigenvalue weighted by atomic mass is 9.98. The normalized spacial score (nSPS) is 15.7. The van der Waals surface area contributed by atoms with E-state index in [0.717, 1.165) is 30.0 Å². The fourth-order valence-corrected chi connectivity index (χ4v) is 3.35. The summed E-state index contributed by atoms with van der Waals surface area (Å²) >= 11 is 6.44. The first-order valence-electron chi connectivity index (χ1n) is 7.55. The van der Waals surface area contributed by atoms with Gasteiger partial charge in [0.1, 0.15) is 0 Å². The number of nitrogens with two attached hydrogens (primary N) is 1. The summed E-state index contributed by atoms with van der Waals surface area (Å²) in [7, 11) is 0. The highest BCUT2D eigenvalue weighted by Crippen LogP contribution is 2.37. The Morgan fingerprint density at radius 1 is 1.14 bits per heavy atom. The molecule has 2 N–H and O–H groups in total. The van der Waals surface area contributed by atoms with Crippen molar-refractivity contribution in [3.8, 4) is 0 Å². The largest absolute Gasteiger partial charge is 0.341 e. The Kier molecular flexibility index (Phi) is 4.18. The molecule has 2 aromatic carbocycles. The van der Waals surface area contributed by atoms with E-state index in [1.54, 1.807) is 0 Å². The quantitative estimate of drug-likeness (QED) is 0.915. The van der Waals surface area contributed by atoms with Gasteiger partial charge in [0, 0.05) is 29.0 Å². The van der Waals surface area contributed by atoms with Crippen molar-refractivity contribution in [1.29, 1.82) is 0 Å². The smallest absolute Gasteiger partial charge is 0.0459 e. The van der Waals surface area contributed by atoms with E-state index < -0.39 is 0 Å². The van der Waals surface area contributed by atoms with Crippen LogP contribution in [0.4, 0.5) is 11.4 Å². The molecular formula is C18H21ClN2. The van der Waals surface area contributed by atoms with Crippen LogP contribution >= 0.6 is 11.6 Å². The monoisotopic (exact) mass is 300 g/mol. The minimum absolute atomic E-state index is 0.101. The molecule has 0 aliphatic carbocycles. The van der Waals surface area contributed by atoms with Crippen molar-refractivity contribution in [2.75, 3.05) is 11.4 Å². The van der Waals surface area contributed by atoms with Crippen molar-refractivity contribution in [3.63, 3.8) is 0 Å². The Labute approximate surface area is 131 Å². The Balaban J connectivity index is 2.07. The van der Waals surface area contributed by atoms with Crippen molar-refractivity contribution in [3.05, 3.63) is 58.6 Å². The number of benzene rings is 2. The molecule has 0 amide bonds. The molecule has 0 radical (unpaired) electrons. The number of fused-ring (bicyclic) bond motifs is 1. The Morgan fingerprint density at radius 2 is 1.90 bits per heavy atom.